The van der Waals surface area contributed by atoms with E-state index in [1.165, 1.54) is 63.4 Å². The number of fused-ring (bicyclic) bond motifs is 6. The number of nitrogens with one attached hydrogen (secondary N) is 2. The minimum atomic E-state index is -1.15. The number of carbonyl (C=O) groups excluding carboxylic acids is 11. The Kier molecular flexibility index (Phi) is 28.4. The number of Topliss-reactive ketones (excluding diaryl/α,β-unsaturated/α-hetero) is 2. The van der Waals surface area contributed by atoms with Gasteiger partial charge in [0.2, 0.25) is 0 Å². The van der Waals surface area contributed by atoms with E-state index >= 15 is 0 Å². The summed E-state index contributed by atoms with van der Waals surface area (Å²) in [6, 6.07) is 46.6. The van der Waals surface area contributed by atoms with Crippen LogP contribution in [-0.2, 0) is 120 Å². The van der Waals surface area contributed by atoms with Crippen LogP contribution in [0.15, 0.2) is 192 Å². The predicted octanol–water partition coefficient (Wildman–Crippen LogP) is 9.71. The highest BCUT2D eigenvalue weighted by atomic mass is 16.5. The Morgan fingerprint density at radius 3 is 1.20 bits per heavy atom. The summed E-state index contributed by atoms with van der Waals surface area (Å²) in [5.74, 6) is -3.28. The second-order valence-corrected chi connectivity index (χ2v) is 24.3. The summed E-state index contributed by atoms with van der Waals surface area (Å²) in [7, 11) is 8.42. The number of benzene rings is 6. The van der Waals surface area contributed by atoms with Crippen LogP contribution < -0.4 is 16.4 Å². The van der Waals surface area contributed by atoms with Gasteiger partial charge < -0.3 is 49.7 Å². The first kappa shape index (κ1) is 77.5. The number of carboxylic acid groups (broad SMARTS) is 1. The van der Waals surface area contributed by atoms with E-state index < -0.39 is 17.9 Å². The summed E-state index contributed by atoms with van der Waals surface area (Å²) in [6.45, 7) is 1.98. The molecule has 0 saturated carbocycles. The maximum Gasteiger partial charge on any atom is 0.373 e. The normalized spacial score (nSPS) is 20.3. The van der Waals surface area contributed by atoms with Gasteiger partial charge in [-0.2, -0.15) is 9.59 Å². The highest BCUT2D eigenvalue weighted by Gasteiger charge is 2.38. The topological polar surface area (TPSA) is 351 Å². The van der Waals surface area contributed by atoms with Gasteiger partial charge >= 0.3 is 48.0 Å². The number of aliphatic hydroxyl groups excluding tert-OH is 1. The van der Waals surface area contributed by atoms with Crippen LogP contribution in [0.4, 0.5) is 4.79 Å². The molecule has 6 N–H and O–H groups in total. The van der Waals surface area contributed by atoms with Crippen molar-refractivity contribution in [2.24, 2.45) is 5.73 Å². The van der Waals surface area contributed by atoms with E-state index in [0.29, 0.717) is 56.3 Å². The van der Waals surface area contributed by atoms with Crippen molar-refractivity contribution in [3.8, 4) is 0 Å². The molecule has 23 nitrogen and oxygen atoms in total. The number of carboxylic acids is 1. The number of nitrogens with two attached hydrogens (primary N) is 1. The number of aliphatic hydroxyl groups is 1. The van der Waals surface area contributed by atoms with E-state index in [-0.39, 0.29) is 108 Å². The van der Waals surface area contributed by atoms with Gasteiger partial charge in [-0.25, -0.2) is 9.59 Å². The van der Waals surface area contributed by atoms with Gasteiger partial charge in [-0.05, 0) is 115 Å². The average Bonchev–Trinajstić information content (AvgIpc) is 1.63. The fourth-order valence-corrected chi connectivity index (χ4v) is 13.5. The van der Waals surface area contributed by atoms with Crippen molar-refractivity contribution in [3.63, 3.8) is 0 Å². The van der Waals surface area contributed by atoms with Crippen LogP contribution in [0.5, 0.6) is 0 Å². The van der Waals surface area contributed by atoms with E-state index in [1.807, 2.05) is 140 Å². The number of hydrogen-bond acceptors (Lipinski definition) is 20. The maximum atomic E-state index is 11.9. The molecule has 6 aliphatic carbocycles. The number of imide groups is 1. The van der Waals surface area contributed by atoms with Gasteiger partial charge in [-0.15, -0.1) is 0 Å². The van der Waals surface area contributed by atoms with Crippen molar-refractivity contribution >= 4 is 65.5 Å². The number of rotatable bonds is 12. The molecular weight excluding hydrogens is 1310 g/mol. The van der Waals surface area contributed by atoms with E-state index in [0.717, 1.165) is 68.3 Å². The van der Waals surface area contributed by atoms with Gasteiger partial charge in [0.1, 0.15) is 23.0 Å². The summed E-state index contributed by atoms with van der Waals surface area (Å²) in [4.78, 5) is 130. The zero-order valence-corrected chi connectivity index (χ0v) is 57.6. The van der Waals surface area contributed by atoms with E-state index in [2.05, 4.69) is 37.0 Å². The Labute approximate surface area is 589 Å². The number of esters is 5. The Hall–Kier alpha value is -11.8. The minimum absolute atomic E-state index is 0.0337. The number of hydrogen-bond donors (Lipinski definition) is 5. The highest BCUT2D eigenvalue weighted by Crippen LogP contribution is 2.44. The third-order valence-electron chi connectivity index (χ3n) is 18.6. The van der Waals surface area contributed by atoms with Gasteiger partial charge in [0.15, 0.2) is 0 Å². The molecule has 0 aromatic heterocycles. The molecule has 1 fully saturated rings. The fourth-order valence-electron chi connectivity index (χ4n) is 13.5. The third kappa shape index (κ3) is 19.5. The van der Waals surface area contributed by atoms with Gasteiger partial charge in [-0.1, -0.05) is 153 Å². The lowest BCUT2D eigenvalue weighted by Gasteiger charge is -2.14. The Bertz CT molecular complexity index is 4310. The van der Waals surface area contributed by atoms with Crippen LogP contribution in [0, 0.1) is 0 Å². The predicted molar refractivity (Wildman–Crippen MR) is 370 cm³/mol. The van der Waals surface area contributed by atoms with Gasteiger partial charge in [0.25, 0.3) is 5.91 Å². The number of ketones is 2. The highest BCUT2D eigenvalue weighted by molar-refractivity contribution is 6.12. The standard InChI is InChI=1S/C15H14N2O4.C14H15NO4.C14H16O3.C13H14O3.C12H12O3.C10H10O.CO2/c1-21-12(18)7-10-9-5-3-2-4-8(9)6-11(10)13-14(19)17-15(20)16-13;1-19-12(16)7-10-9-5-3-2-4-8(9)6-11(10)13(15)14(17)18;1-16-9-11-7-10-5-3-4-6-12(10)13(11)8-14(15)17-2;1-16-13(15)7-12-10(8-14)6-9-4-2-3-5-11(9)12;1-15-12(14)7-10-9-5-3-2-4-8(9)6-11(10)13;1-7-9-5-3-2-4-8(9)6-10(7)11;2-1-3/h2-5,10H,6-7H2,1H3,(H2,16,17,19,20);2-5,10H,6-7,15H2,1H3,(H,17,18);3-6,9,13H,7-8H2,1-2H3;2-5,8,12,14H,6-7H2,1H3;2-5,10H,6-7H2,1H3;2-5,7H,6H2,1H3;/b2*13-11-;11-9+;10-8+;;;. The molecule has 7 aliphatic rings. The summed E-state index contributed by atoms with van der Waals surface area (Å²) in [5.41, 5.74) is 22.3. The number of ether oxygens (including phenoxy) is 6. The molecule has 6 aromatic carbocycles. The molecule has 3 amide bonds. The SMILES string of the molecule is CC1C(=O)Cc2ccccc21.CO/C=C1\Cc2ccccc2C1CC(=O)OC.COC(=O)CC1/C(=C(\N)C(=O)O)Cc2ccccc21.COC(=O)CC1/C(=C/O)Cc2ccccc21.COC(=O)CC1/C(=C2\NC(=O)NC2=O)Cc2ccccc21.COC(=O)CC1C(=O)Cc2ccccc21.O=C=O. The van der Waals surface area contributed by atoms with Crippen LogP contribution in [0.1, 0.15) is 141 Å². The molecule has 6 aromatic rings. The Morgan fingerprint density at radius 1 is 0.451 bits per heavy atom. The lowest BCUT2D eigenvalue weighted by atomic mass is 9.93. The first-order valence-corrected chi connectivity index (χ1v) is 32.6. The molecule has 102 heavy (non-hydrogen) atoms. The molecule has 23 heteroatoms. The number of carbonyl (C=O) groups is 10. The number of methoxy groups -OCH3 is 6. The lowest BCUT2D eigenvalue weighted by Crippen LogP contribution is -2.22. The molecule has 0 bridgehead atoms. The largest absolute Gasteiger partial charge is 0.516 e. The summed E-state index contributed by atoms with van der Waals surface area (Å²) in [5, 5.41) is 22.9. The molecule has 0 spiro atoms. The molecule has 1 aliphatic heterocycles. The molecular formula is C79H81N3O20. The molecule has 6 unspecified atom stereocenters. The van der Waals surface area contributed by atoms with E-state index in [4.69, 9.17) is 34.6 Å². The van der Waals surface area contributed by atoms with E-state index in [1.54, 1.807) is 13.4 Å². The summed E-state index contributed by atoms with van der Waals surface area (Å²) >= 11 is 0. The third-order valence-corrected chi connectivity index (χ3v) is 18.6. The average molecular weight is 1390 g/mol. The zero-order valence-electron chi connectivity index (χ0n) is 57.6. The van der Waals surface area contributed by atoms with Gasteiger partial charge in [-0.3, -0.25) is 43.7 Å². The number of allylic oxidation sites excluding steroid dienone is 4. The second kappa shape index (κ2) is 37.4. The second-order valence-electron chi connectivity index (χ2n) is 24.3. The number of amides is 3. The number of aliphatic carboxylic acids is 1. The maximum absolute atomic E-state index is 11.9. The fraction of sp³-hybridized carbons (Fsp3) is 0.304. The Balaban J connectivity index is 0.000000171. The van der Waals surface area contributed by atoms with Crippen molar-refractivity contribution in [2.75, 3.05) is 42.7 Å². The van der Waals surface area contributed by atoms with Crippen LogP contribution in [0.3, 0.4) is 0 Å². The molecule has 1 heterocycles. The molecule has 0 radical (unpaired) electrons. The van der Waals surface area contributed by atoms with Crippen molar-refractivity contribution in [3.05, 3.63) is 259 Å². The first-order valence-electron chi connectivity index (χ1n) is 32.6. The number of urea groups is 1. The smallest absolute Gasteiger partial charge is 0.373 e. The molecule has 1 saturated heterocycles. The van der Waals surface area contributed by atoms with Crippen LogP contribution in [-0.4, -0.2) is 118 Å². The monoisotopic (exact) mass is 1390 g/mol. The summed E-state index contributed by atoms with van der Waals surface area (Å²) < 4.78 is 28.5. The van der Waals surface area contributed by atoms with Crippen LogP contribution in [0.2, 0.25) is 0 Å². The van der Waals surface area contributed by atoms with Crippen LogP contribution in [0.25, 0.3) is 0 Å². The van der Waals surface area contributed by atoms with Crippen molar-refractivity contribution < 1.29 is 96.2 Å². The molecule has 6 atom stereocenters. The zero-order chi connectivity index (χ0) is 74.2. The van der Waals surface area contributed by atoms with Gasteiger partial charge in [0, 0.05) is 42.4 Å². The molecule has 532 valence electrons. The summed E-state index contributed by atoms with van der Waals surface area (Å²) in [6.07, 6.45) is 7.86. The van der Waals surface area contributed by atoms with E-state index in [9.17, 15) is 53.1 Å². The minimum Gasteiger partial charge on any atom is -0.516 e. The van der Waals surface area contributed by atoms with Gasteiger partial charge in [0.05, 0.1) is 93.2 Å². The van der Waals surface area contributed by atoms with Crippen molar-refractivity contribution in [2.45, 2.75) is 113 Å². The van der Waals surface area contributed by atoms with Crippen LogP contribution >= 0.6 is 0 Å². The molecule has 13 rings (SSSR count). The Morgan fingerprint density at radius 2 is 0.784 bits per heavy atom. The van der Waals surface area contributed by atoms with Crippen molar-refractivity contribution in [1.82, 2.24) is 10.6 Å². The lowest BCUT2D eigenvalue weighted by molar-refractivity contribution is -0.192. The first-order chi connectivity index (χ1) is 49.1. The quantitative estimate of drug-likeness (QED) is 0.0250. The van der Waals surface area contributed by atoms with Crippen molar-refractivity contribution in [1.29, 1.82) is 0 Å².